The highest BCUT2D eigenvalue weighted by molar-refractivity contribution is 5.95. The molecule has 0 radical (unpaired) electrons. The quantitative estimate of drug-likeness (QED) is 0.525. The largest absolute Gasteiger partial charge is 0.497 e. The number of rotatable bonds is 7. The van der Waals surface area contributed by atoms with Crippen LogP contribution in [0.1, 0.15) is 17.7 Å². The van der Waals surface area contributed by atoms with Crippen molar-refractivity contribution in [1.29, 1.82) is 0 Å². The summed E-state index contributed by atoms with van der Waals surface area (Å²) in [5, 5.41) is 5.80. The molecule has 9 heteroatoms. The average Bonchev–Trinajstić information content (AvgIpc) is 3.36. The van der Waals surface area contributed by atoms with Gasteiger partial charge in [0.15, 0.2) is 0 Å². The van der Waals surface area contributed by atoms with E-state index in [0.29, 0.717) is 38.7 Å². The van der Waals surface area contributed by atoms with Crippen molar-refractivity contribution in [1.82, 2.24) is 20.2 Å². The summed E-state index contributed by atoms with van der Waals surface area (Å²) in [6.07, 6.45) is 0.751. The first-order chi connectivity index (χ1) is 18.2. The minimum atomic E-state index is -0.724. The third-order valence-corrected chi connectivity index (χ3v) is 7.68. The smallest absolute Gasteiger partial charge is 0.318 e. The van der Waals surface area contributed by atoms with Crippen molar-refractivity contribution in [3.05, 3.63) is 47.7 Å². The van der Waals surface area contributed by atoms with E-state index in [2.05, 4.69) is 56.4 Å². The van der Waals surface area contributed by atoms with Crippen LogP contribution in [0, 0.1) is 0 Å². The maximum atomic E-state index is 13.6. The van der Waals surface area contributed by atoms with Gasteiger partial charge < -0.3 is 24.6 Å². The minimum absolute atomic E-state index is 0.417. The van der Waals surface area contributed by atoms with Crippen LogP contribution >= 0.6 is 0 Å². The molecule has 1 N–H and O–H groups in total. The lowest BCUT2D eigenvalue weighted by Crippen LogP contribution is -2.45. The number of nitrogens with one attached hydrogen (secondary N) is 1. The number of halogens is 1. The number of benzene rings is 2. The van der Waals surface area contributed by atoms with Crippen molar-refractivity contribution in [2.75, 3.05) is 75.9 Å². The van der Waals surface area contributed by atoms with E-state index in [-0.39, 0.29) is 0 Å². The molecule has 6 rings (SSSR count). The van der Waals surface area contributed by atoms with Gasteiger partial charge in [-0.3, -0.25) is 4.90 Å². The fourth-order valence-corrected chi connectivity index (χ4v) is 5.69. The van der Waals surface area contributed by atoms with Gasteiger partial charge in [-0.15, -0.1) is 0 Å². The van der Waals surface area contributed by atoms with Crippen LogP contribution in [0.3, 0.4) is 0 Å². The molecule has 0 saturated carbocycles. The van der Waals surface area contributed by atoms with Crippen LogP contribution in [-0.4, -0.2) is 87.1 Å². The molecule has 0 spiro atoms. The van der Waals surface area contributed by atoms with E-state index in [4.69, 9.17) is 19.4 Å². The number of alkyl halides is 1. The molecule has 0 amide bonds. The lowest BCUT2D eigenvalue weighted by Gasteiger charge is -2.35. The Labute approximate surface area is 217 Å². The van der Waals surface area contributed by atoms with Crippen molar-refractivity contribution >= 4 is 22.3 Å². The standard InChI is InChI=1S/C28H35FN6O2/c1-36-22-16-20-4-2-3-5-23(20)26(17-22)35-11-7-24-25(19-35)31-28(32-27(24)34-12-8-30-9-13-34)37-15-14-33-10-6-21(29)18-33/h2-5,16-17,21,30H,6-15,18-19H2,1H3. The number of nitrogens with zero attached hydrogens (tertiary/aromatic N) is 5. The summed E-state index contributed by atoms with van der Waals surface area (Å²) in [5.74, 6) is 1.85. The van der Waals surface area contributed by atoms with Crippen LogP contribution in [0.15, 0.2) is 36.4 Å². The fourth-order valence-electron chi connectivity index (χ4n) is 5.69. The molecule has 8 nitrogen and oxygen atoms in total. The first-order valence-corrected chi connectivity index (χ1v) is 13.3. The lowest BCUT2D eigenvalue weighted by atomic mass is 10.0. The third-order valence-electron chi connectivity index (χ3n) is 7.68. The van der Waals surface area contributed by atoms with E-state index >= 15 is 0 Å². The van der Waals surface area contributed by atoms with Crippen LogP contribution in [0.4, 0.5) is 15.9 Å². The number of hydrogen-bond donors (Lipinski definition) is 1. The van der Waals surface area contributed by atoms with E-state index in [9.17, 15) is 4.39 Å². The Kier molecular flexibility index (Phi) is 6.97. The molecule has 3 aromatic rings. The number of anilines is 2. The Morgan fingerprint density at radius 2 is 1.92 bits per heavy atom. The van der Waals surface area contributed by atoms with Crippen LogP contribution in [-0.2, 0) is 13.0 Å². The first kappa shape index (κ1) is 24.2. The Hall–Kier alpha value is -3.17. The van der Waals surface area contributed by atoms with Crippen molar-refractivity contribution in [3.8, 4) is 11.8 Å². The summed E-state index contributed by atoms with van der Waals surface area (Å²) in [4.78, 5) is 16.7. The maximum Gasteiger partial charge on any atom is 0.318 e. The zero-order valence-corrected chi connectivity index (χ0v) is 21.5. The molecular weight excluding hydrogens is 471 g/mol. The van der Waals surface area contributed by atoms with Crippen LogP contribution in [0.2, 0.25) is 0 Å². The van der Waals surface area contributed by atoms with E-state index in [1.807, 2.05) is 0 Å². The molecule has 2 fully saturated rings. The summed E-state index contributed by atoms with van der Waals surface area (Å²) in [7, 11) is 1.71. The van der Waals surface area contributed by atoms with Crippen LogP contribution in [0.5, 0.6) is 11.8 Å². The van der Waals surface area contributed by atoms with Gasteiger partial charge >= 0.3 is 6.01 Å². The Morgan fingerprint density at radius 3 is 2.73 bits per heavy atom. The normalized spacial score (nSPS) is 20.3. The molecule has 0 aliphatic carbocycles. The van der Waals surface area contributed by atoms with E-state index in [1.54, 1.807) is 7.11 Å². The van der Waals surface area contributed by atoms with Crippen molar-refractivity contribution in [3.63, 3.8) is 0 Å². The molecule has 196 valence electrons. The number of fused-ring (bicyclic) bond motifs is 2. The zero-order chi connectivity index (χ0) is 25.2. The van der Waals surface area contributed by atoms with Gasteiger partial charge in [0.25, 0.3) is 0 Å². The molecule has 3 aliphatic heterocycles. The molecule has 1 aromatic heterocycles. The van der Waals surface area contributed by atoms with E-state index in [1.165, 1.54) is 10.9 Å². The number of ether oxygens (including phenoxy) is 2. The number of likely N-dealkylation sites (tertiary alicyclic amines) is 1. The average molecular weight is 507 g/mol. The second-order valence-electron chi connectivity index (χ2n) is 10.1. The second kappa shape index (κ2) is 10.7. The first-order valence-electron chi connectivity index (χ1n) is 13.3. The Bertz CT molecular complexity index is 1250. The lowest BCUT2D eigenvalue weighted by molar-refractivity contribution is 0.214. The minimum Gasteiger partial charge on any atom is -0.497 e. The van der Waals surface area contributed by atoms with Gasteiger partial charge in [-0.05, 0) is 24.3 Å². The van der Waals surface area contributed by atoms with Gasteiger partial charge in [0.1, 0.15) is 24.3 Å². The van der Waals surface area contributed by atoms with Crippen LogP contribution < -0.4 is 24.6 Å². The molecule has 2 aromatic carbocycles. The SMILES string of the molecule is COc1cc(N2CCc3c(nc(OCCN4CCC(F)C4)nc3N3CCNCC3)C2)c2ccccc2c1. The summed E-state index contributed by atoms with van der Waals surface area (Å²) in [6.45, 7) is 7.69. The number of hydrogen-bond acceptors (Lipinski definition) is 8. The van der Waals surface area contributed by atoms with Crippen molar-refractivity contribution in [2.24, 2.45) is 0 Å². The summed E-state index contributed by atoms with van der Waals surface area (Å²) in [6, 6.07) is 13.1. The monoisotopic (exact) mass is 506 g/mol. The Morgan fingerprint density at radius 1 is 1.05 bits per heavy atom. The third kappa shape index (κ3) is 5.15. The molecular formula is C28H35FN6O2. The predicted molar refractivity (Wildman–Crippen MR) is 144 cm³/mol. The van der Waals surface area contributed by atoms with Gasteiger partial charge in [-0.25, -0.2) is 4.39 Å². The number of piperazine rings is 1. The highest BCUT2D eigenvalue weighted by Crippen LogP contribution is 2.36. The molecule has 37 heavy (non-hydrogen) atoms. The summed E-state index contributed by atoms with van der Waals surface area (Å²) in [5.41, 5.74) is 3.39. The molecule has 0 bridgehead atoms. The summed E-state index contributed by atoms with van der Waals surface area (Å²) >= 11 is 0. The maximum absolute atomic E-state index is 13.6. The predicted octanol–water partition coefficient (Wildman–Crippen LogP) is 3.03. The van der Waals surface area contributed by atoms with Gasteiger partial charge in [0.2, 0.25) is 0 Å². The van der Waals surface area contributed by atoms with Gasteiger partial charge in [0, 0.05) is 75.1 Å². The Balaban J connectivity index is 1.29. The molecule has 1 unspecified atom stereocenters. The summed E-state index contributed by atoms with van der Waals surface area (Å²) < 4.78 is 25.3. The second-order valence-corrected chi connectivity index (χ2v) is 10.1. The fraction of sp³-hybridized carbons (Fsp3) is 0.500. The highest BCUT2D eigenvalue weighted by Gasteiger charge is 2.28. The van der Waals surface area contributed by atoms with E-state index in [0.717, 1.165) is 74.0 Å². The van der Waals surface area contributed by atoms with Crippen LogP contribution in [0.25, 0.3) is 10.8 Å². The topological polar surface area (TPSA) is 66.0 Å². The van der Waals surface area contributed by atoms with E-state index < -0.39 is 6.17 Å². The van der Waals surface area contributed by atoms with Gasteiger partial charge in [-0.1, -0.05) is 24.3 Å². The molecule has 1 atom stereocenters. The van der Waals surface area contributed by atoms with Gasteiger partial charge in [-0.2, -0.15) is 9.97 Å². The van der Waals surface area contributed by atoms with Crippen molar-refractivity contribution in [2.45, 2.75) is 25.6 Å². The number of methoxy groups -OCH3 is 1. The zero-order valence-electron chi connectivity index (χ0n) is 21.5. The highest BCUT2D eigenvalue weighted by atomic mass is 19.1. The van der Waals surface area contributed by atoms with Crippen molar-refractivity contribution < 1.29 is 13.9 Å². The molecule has 2 saturated heterocycles. The van der Waals surface area contributed by atoms with Gasteiger partial charge in [0.05, 0.1) is 19.3 Å². The molecule has 4 heterocycles. The number of aromatic nitrogens is 2. The molecule has 3 aliphatic rings.